The number of phenols is 1. The summed E-state index contributed by atoms with van der Waals surface area (Å²) in [5, 5.41) is 60.7. The van der Waals surface area contributed by atoms with Gasteiger partial charge < -0.3 is 84.3 Å². The number of rotatable bonds is 34. The summed E-state index contributed by atoms with van der Waals surface area (Å²) in [6, 6.07) is 6.83. The number of nitrogens with zero attached hydrogens (tertiary/aromatic N) is 1. The summed E-state index contributed by atoms with van der Waals surface area (Å²) < 4.78 is 0. The van der Waals surface area contributed by atoms with Crippen LogP contribution >= 0.6 is 25.3 Å². The van der Waals surface area contributed by atoms with Crippen LogP contribution in [0.2, 0.25) is 0 Å². The molecule has 4 aromatic rings. The Morgan fingerprint density at radius 1 is 0.614 bits per heavy atom. The minimum atomic E-state index is -1.78. The van der Waals surface area contributed by atoms with Gasteiger partial charge in [0.1, 0.15) is 66.2 Å². The molecule has 478 valence electrons. The third-order valence-corrected chi connectivity index (χ3v) is 15.5. The molecule has 0 saturated carbocycles. The summed E-state index contributed by atoms with van der Waals surface area (Å²) in [6.45, 7) is 4.78. The topological polar surface area (TPSA) is 436 Å². The van der Waals surface area contributed by atoms with E-state index in [0.29, 0.717) is 40.4 Å². The number of aliphatic hydroxyl groups is 1. The maximum Gasteiger partial charge on any atom is 0.326 e. The lowest BCUT2D eigenvalue weighted by Crippen LogP contribution is -2.61. The Hall–Kier alpha value is -8.25. The molecule has 0 radical (unpaired) electrons. The molecule has 0 bridgehead atoms. The molecule has 88 heavy (non-hydrogen) atoms. The van der Waals surface area contributed by atoms with Gasteiger partial charge in [-0.15, -0.1) is 0 Å². The van der Waals surface area contributed by atoms with Crippen LogP contribution < -0.4 is 54.0 Å². The van der Waals surface area contributed by atoms with Gasteiger partial charge in [0, 0.05) is 54.4 Å². The second-order valence-electron chi connectivity index (χ2n) is 21.8. The van der Waals surface area contributed by atoms with Crippen molar-refractivity contribution in [1.29, 1.82) is 0 Å². The molecule has 9 amide bonds. The van der Waals surface area contributed by atoms with Crippen LogP contribution in [-0.2, 0) is 72.0 Å². The number of aliphatic carboxylic acids is 2. The van der Waals surface area contributed by atoms with Crippen molar-refractivity contribution in [2.75, 3.05) is 24.6 Å². The molecular weight excluding hydrogens is 1180 g/mol. The number of phenolic OH excluding ortho intramolecular Hbond substituents is 1. The summed E-state index contributed by atoms with van der Waals surface area (Å²) in [7, 11) is 0. The second kappa shape index (κ2) is 34.3. The predicted molar refractivity (Wildman–Crippen MR) is 329 cm³/mol. The van der Waals surface area contributed by atoms with Crippen LogP contribution in [0.15, 0.2) is 85.1 Å². The maximum atomic E-state index is 15.0. The molecule has 1 aliphatic rings. The monoisotopic (exact) mass is 1260 g/mol. The van der Waals surface area contributed by atoms with Gasteiger partial charge in [0.2, 0.25) is 53.2 Å². The lowest BCUT2D eigenvalue weighted by molar-refractivity contribution is -0.144. The van der Waals surface area contributed by atoms with Crippen molar-refractivity contribution in [1.82, 2.24) is 52.4 Å². The average Bonchev–Trinajstić information content (AvgIpc) is 2.19. The number of carboxylic acid groups (broad SMARTS) is 2. The number of carboxylic acids is 2. The van der Waals surface area contributed by atoms with Crippen molar-refractivity contribution in [2.45, 2.75) is 145 Å². The van der Waals surface area contributed by atoms with E-state index in [4.69, 9.17) is 11.5 Å². The molecule has 0 aliphatic carbocycles. The van der Waals surface area contributed by atoms with Gasteiger partial charge >= 0.3 is 11.9 Å². The van der Waals surface area contributed by atoms with Crippen molar-refractivity contribution >= 4 is 101 Å². The number of aliphatic hydroxyl groups excluding tert-OH is 1. The number of H-pyrrole nitrogens is 1. The van der Waals surface area contributed by atoms with Crippen LogP contribution in [-0.4, -0.2) is 187 Å². The van der Waals surface area contributed by atoms with Gasteiger partial charge in [-0.25, -0.2) is 4.79 Å². The van der Waals surface area contributed by atoms with Crippen LogP contribution in [0.1, 0.15) is 76.0 Å². The van der Waals surface area contributed by atoms with Gasteiger partial charge in [-0.1, -0.05) is 74.5 Å². The summed E-state index contributed by atoms with van der Waals surface area (Å²) in [5.74, 6) is -12.3. The first-order valence-electron chi connectivity index (χ1n) is 28.8. The second-order valence-corrected chi connectivity index (χ2v) is 22.6. The summed E-state index contributed by atoms with van der Waals surface area (Å²) >= 11 is 8.52. The first-order valence-corrected chi connectivity index (χ1v) is 30.0. The molecule has 29 heteroatoms. The number of aromatic hydroxyl groups is 1. The lowest BCUT2D eigenvalue weighted by atomic mass is 10.0. The van der Waals surface area contributed by atoms with Gasteiger partial charge in [0.25, 0.3) is 0 Å². The highest BCUT2D eigenvalue weighted by Crippen LogP contribution is 2.22. The zero-order valence-corrected chi connectivity index (χ0v) is 50.8. The molecule has 27 nitrogen and oxygen atoms in total. The normalized spacial score (nSPS) is 16.4. The number of para-hydroxylation sites is 1. The predicted octanol–water partition coefficient (Wildman–Crippen LogP) is -1.32. The number of nitrogens with two attached hydrogens (primary N) is 2. The number of unbranched alkanes of at least 4 members (excludes halogenated alkanes) is 1. The van der Waals surface area contributed by atoms with E-state index in [1.165, 1.54) is 31.2 Å². The standard InChI is InChI=1S/C59H80N12O15S2/c1-31(2)49(59(85)86)70-56(82)45(30-88)69-52(78)41(25-34-18-20-36(73)21-19-34)64-50(76)39(16-9-10-22-60)63-53(79)42(26-35-28-62-38-15-8-7-14-37(35)38)66-51(77)40(24-33-12-5-4-6-13-33)65-55(81)44(29-87)68-54(80)43(27-47(74)75)67-57(83)46-17-11-23-71(46)58(84)48(61)32(3)72/h4-8,12-15,18-21,28,31-32,39-46,48-49,62,72-73,87-88H,9-11,16-17,22-27,29-30,60-61H2,1-3H3,(H,63,79)(H,64,76)(H,65,81)(H,66,77)(H,67,83)(H,68,80)(H,69,78)(H,70,82)(H,74,75)(H,85,86)/t32-,39+,40+,41+,42+,43+,44+,45+,46-,48+,49+/m1/s1. The molecular formula is C59H80N12O15S2. The third kappa shape index (κ3) is 20.7. The molecule has 0 unspecified atom stereocenters. The highest BCUT2D eigenvalue weighted by Gasteiger charge is 2.40. The van der Waals surface area contributed by atoms with Crippen molar-refractivity contribution in [3.63, 3.8) is 0 Å². The quantitative estimate of drug-likeness (QED) is 0.0191. The zero-order valence-electron chi connectivity index (χ0n) is 49.0. The van der Waals surface area contributed by atoms with Crippen LogP contribution in [0.5, 0.6) is 5.75 Å². The van der Waals surface area contributed by atoms with E-state index >= 15 is 0 Å². The van der Waals surface area contributed by atoms with Crippen molar-refractivity contribution in [3.8, 4) is 5.75 Å². The molecule has 11 atom stereocenters. The minimum Gasteiger partial charge on any atom is -0.508 e. The number of carbonyl (C=O) groups excluding carboxylic acids is 9. The van der Waals surface area contributed by atoms with Crippen molar-refractivity contribution < 1.29 is 73.2 Å². The van der Waals surface area contributed by atoms with Gasteiger partial charge in [-0.3, -0.25) is 47.9 Å². The van der Waals surface area contributed by atoms with Gasteiger partial charge in [0.15, 0.2) is 0 Å². The third-order valence-electron chi connectivity index (χ3n) is 14.8. The van der Waals surface area contributed by atoms with Gasteiger partial charge in [0.05, 0.1) is 12.5 Å². The van der Waals surface area contributed by atoms with E-state index in [9.17, 15) is 73.2 Å². The van der Waals surface area contributed by atoms with Gasteiger partial charge in [-0.2, -0.15) is 25.3 Å². The van der Waals surface area contributed by atoms with Crippen LogP contribution in [0, 0.1) is 5.92 Å². The molecule has 0 spiro atoms. The number of fused-ring (bicyclic) bond motifs is 1. The molecule has 17 N–H and O–H groups in total. The van der Waals surface area contributed by atoms with E-state index < -0.39 is 150 Å². The summed E-state index contributed by atoms with van der Waals surface area (Å²) in [5.41, 5.74) is 13.9. The molecule has 1 fully saturated rings. The number of thiol groups is 2. The maximum absolute atomic E-state index is 15.0. The number of nitrogens with one attached hydrogen (secondary N) is 9. The van der Waals surface area contributed by atoms with Crippen LogP contribution in [0.3, 0.4) is 0 Å². The first kappa shape index (κ1) is 70.5. The Bertz CT molecular complexity index is 3080. The highest BCUT2D eigenvalue weighted by molar-refractivity contribution is 7.80. The fourth-order valence-corrected chi connectivity index (χ4v) is 10.3. The van der Waals surface area contributed by atoms with E-state index in [-0.39, 0.29) is 63.1 Å². The van der Waals surface area contributed by atoms with Crippen LogP contribution in [0.4, 0.5) is 0 Å². The molecule has 1 aromatic heterocycles. The first-order chi connectivity index (χ1) is 41.8. The number of aromatic amines is 1. The highest BCUT2D eigenvalue weighted by atomic mass is 32.1. The number of hydrogen-bond donors (Lipinski definition) is 17. The smallest absolute Gasteiger partial charge is 0.326 e. The van der Waals surface area contributed by atoms with Crippen LogP contribution in [0.25, 0.3) is 10.9 Å². The average molecular weight is 1260 g/mol. The largest absolute Gasteiger partial charge is 0.508 e. The fourth-order valence-electron chi connectivity index (χ4n) is 9.77. The molecule has 1 aliphatic heterocycles. The Kier molecular flexibility index (Phi) is 27.5. The molecule has 2 heterocycles. The number of carbonyl (C=O) groups is 11. The molecule has 5 rings (SSSR count). The Morgan fingerprint density at radius 3 is 1.64 bits per heavy atom. The SMILES string of the molecule is CC(C)[C@H](NC(=O)[C@H](CS)NC(=O)[C@H](Cc1ccc(O)cc1)NC(=O)[C@H](CCCCN)NC(=O)[C@H](Cc1c[nH]c2ccccc12)NC(=O)[C@H](Cc1ccccc1)NC(=O)[C@H](CS)NC(=O)[C@H](CC(=O)O)NC(=O)[C@H]1CCCN1C(=O)[C@@H](N)[C@@H](C)O)C(=O)O. The van der Waals surface area contributed by atoms with Crippen molar-refractivity contribution in [2.24, 2.45) is 17.4 Å². The van der Waals surface area contributed by atoms with E-state index in [1.807, 2.05) is 0 Å². The van der Waals surface area contributed by atoms with E-state index in [0.717, 1.165) is 4.90 Å². The number of amides is 9. The molecule has 3 aromatic carbocycles. The number of benzene rings is 3. The minimum absolute atomic E-state index is 0.0403. The fraction of sp³-hybridized carbons (Fsp3) is 0.475. The Morgan fingerprint density at radius 2 is 1.10 bits per heavy atom. The van der Waals surface area contributed by atoms with Gasteiger partial charge in [-0.05, 0) is 86.4 Å². The molecule has 1 saturated heterocycles. The number of likely N-dealkylation sites (tertiary alicyclic amines) is 1. The van der Waals surface area contributed by atoms with E-state index in [1.54, 1.807) is 74.6 Å². The van der Waals surface area contributed by atoms with Crippen molar-refractivity contribution in [3.05, 3.63) is 102 Å². The zero-order chi connectivity index (χ0) is 64.8. The summed E-state index contributed by atoms with van der Waals surface area (Å²) in [6.07, 6.45) is -0.0347. The summed E-state index contributed by atoms with van der Waals surface area (Å²) in [4.78, 5) is 155. The number of hydrogen-bond acceptors (Lipinski definition) is 17. The Labute approximate surface area is 519 Å². The lowest BCUT2D eigenvalue weighted by Gasteiger charge is -2.29. The van der Waals surface area contributed by atoms with E-state index in [2.05, 4.69) is 72.8 Å². The number of aromatic nitrogens is 1. The Balaban J connectivity index is 1.43.